The molecule has 1 atom stereocenters. The first-order valence-electron chi connectivity index (χ1n) is 5.43. The fraction of sp³-hybridized carbons (Fsp3) is 0.0714. The van der Waals surface area contributed by atoms with E-state index in [0.29, 0.717) is 11.1 Å². The summed E-state index contributed by atoms with van der Waals surface area (Å²) in [5, 5.41) is 10.2. The summed E-state index contributed by atoms with van der Waals surface area (Å²) < 4.78 is 3.04. The number of Topliss-reactive ketones (excluding diaryl/α,β-unsaturated/α-hetero) is 1. The Balaban J connectivity index is 2.38. The Morgan fingerprint density at radius 3 is 2.21 bits per heavy atom. The van der Waals surface area contributed by atoms with Crippen LogP contribution in [0.1, 0.15) is 22.0 Å². The van der Waals surface area contributed by atoms with Gasteiger partial charge in [0.25, 0.3) is 0 Å². The van der Waals surface area contributed by atoms with E-state index in [1.54, 1.807) is 18.2 Å². The Morgan fingerprint density at radius 2 is 1.58 bits per heavy atom. The third kappa shape index (κ3) is 3.48. The summed E-state index contributed by atoms with van der Waals surface area (Å²) in [5.74, 6) is -0.259. The Bertz CT molecular complexity index is 612. The molecule has 1 N–H and O–H groups in total. The fourth-order valence-corrected chi connectivity index (χ4v) is 3.82. The smallest absolute Gasteiger partial charge is 0.196 e. The summed E-state index contributed by atoms with van der Waals surface area (Å²) in [4.78, 5) is 12.4. The van der Waals surface area contributed by atoms with Crippen molar-refractivity contribution < 1.29 is 9.90 Å². The van der Waals surface area contributed by atoms with Crippen LogP contribution in [0.25, 0.3) is 0 Å². The maximum Gasteiger partial charge on any atom is 0.196 e. The molecule has 2 nitrogen and oxygen atoms in total. The number of carbonyl (C=O) groups is 1. The molecule has 0 aromatic heterocycles. The first kappa shape index (κ1) is 15.6. The van der Waals surface area contributed by atoms with Crippen molar-refractivity contribution in [1.82, 2.24) is 0 Å². The number of carbonyl (C=O) groups excluding carboxylic acids is 1. The molecule has 2 aromatic carbocycles. The van der Waals surface area contributed by atoms with E-state index < -0.39 is 6.10 Å². The Kier molecular flexibility index (Phi) is 5.61. The summed E-state index contributed by atoms with van der Waals surface area (Å²) in [6, 6.07) is 12.7. The summed E-state index contributed by atoms with van der Waals surface area (Å²) in [6.45, 7) is 0. The molecule has 0 bridgehead atoms. The Labute approximate surface area is 152 Å². The number of ketones is 1. The van der Waals surface area contributed by atoms with E-state index in [0.717, 1.165) is 10.7 Å². The zero-order chi connectivity index (χ0) is 14.0. The topological polar surface area (TPSA) is 37.3 Å². The monoisotopic (exact) mass is 590 g/mol. The minimum absolute atomic E-state index is 0.259. The van der Waals surface area contributed by atoms with E-state index in [1.807, 2.05) is 24.3 Å². The summed E-state index contributed by atoms with van der Waals surface area (Å²) in [5.41, 5.74) is 1.19. The molecule has 0 saturated heterocycles. The van der Waals surface area contributed by atoms with Crippen molar-refractivity contribution >= 4 is 73.6 Å². The molecule has 0 saturated carbocycles. The number of aliphatic hydroxyl groups excluding tert-OH is 1. The van der Waals surface area contributed by atoms with Crippen LogP contribution < -0.4 is 0 Å². The van der Waals surface area contributed by atoms with E-state index in [9.17, 15) is 9.90 Å². The molecule has 0 amide bonds. The van der Waals surface area contributed by atoms with Gasteiger partial charge in [-0.1, -0.05) is 30.3 Å². The number of hydrogen-bond donors (Lipinski definition) is 1. The van der Waals surface area contributed by atoms with Gasteiger partial charge >= 0.3 is 0 Å². The van der Waals surface area contributed by atoms with Gasteiger partial charge in [0.15, 0.2) is 5.78 Å². The van der Waals surface area contributed by atoms with Gasteiger partial charge in [0.05, 0.1) is 0 Å². The second-order valence-corrected chi connectivity index (χ2v) is 7.22. The van der Waals surface area contributed by atoms with Gasteiger partial charge in [0.1, 0.15) is 6.10 Å². The van der Waals surface area contributed by atoms with Crippen LogP contribution >= 0.6 is 67.8 Å². The van der Waals surface area contributed by atoms with E-state index in [2.05, 4.69) is 67.8 Å². The number of rotatable bonds is 3. The van der Waals surface area contributed by atoms with Crippen molar-refractivity contribution in [2.75, 3.05) is 0 Å². The second-order valence-electron chi connectivity index (χ2n) is 3.90. The lowest BCUT2D eigenvalue weighted by molar-refractivity contribution is 0.0746. The minimum atomic E-state index is -1.11. The van der Waals surface area contributed by atoms with Gasteiger partial charge in [-0.15, -0.1) is 0 Å². The van der Waals surface area contributed by atoms with Gasteiger partial charge in [0.2, 0.25) is 0 Å². The third-order valence-electron chi connectivity index (χ3n) is 2.66. The van der Waals surface area contributed by atoms with E-state index in [1.165, 1.54) is 0 Å². The van der Waals surface area contributed by atoms with Crippen molar-refractivity contribution in [3.05, 3.63) is 64.3 Å². The van der Waals surface area contributed by atoms with Gasteiger partial charge in [0, 0.05) is 16.3 Å². The van der Waals surface area contributed by atoms with Gasteiger partial charge in [-0.2, -0.15) is 0 Å². The standard InChI is InChI=1S/C14H9I3O2/c15-10-7-6-9(11(16)12(10)17)14(19)13(18)8-4-2-1-3-5-8/h1-7,13,18H. The minimum Gasteiger partial charge on any atom is -0.380 e. The van der Waals surface area contributed by atoms with Crippen molar-refractivity contribution in [2.24, 2.45) is 0 Å². The lowest BCUT2D eigenvalue weighted by Crippen LogP contribution is -2.14. The maximum atomic E-state index is 12.4. The average Bonchev–Trinajstić information content (AvgIpc) is 2.44. The quantitative estimate of drug-likeness (QED) is 0.327. The highest BCUT2D eigenvalue weighted by Gasteiger charge is 2.22. The highest BCUT2D eigenvalue weighted by Crippen LogP contribution is 2.28. The number of benzene rings is 2. The van der Waals surface area contributed by atoms with E-state index >= 15 is 0 Å². The SMILES string of the molecule is O=C(c1ccc(I)c(I)c1I)C(O)c1ccccc1. The molecule has 1 unspecified atom stereocenters. The molecule has 2 rings (SSSR count). The molecule has 2 aromatic rings. The van der Waals surface area contributed by atoms with Crippen molar-refractivity contribution in [3.63, 3.8) is 0 Å². The predicted octanol–water partition coefficient (Wildman–Crippen LogP) is 4.42. The molecule has 0 aliphatic carbocycles. The van der Waals surface area contributed by atoms with Crippen LogP contribution in [0.2, 0.25) is 0 Å². The maximum absolute atomic E-state index is 12.4. The largest absolute Gasteiger partial charge is 0.380 e. The highest BCUT2D eigenvalue weighted by molar-refractivity contribution is 14.1. The van der Waals surface area contributed by atoms with Crippen LogP contribution in [-0.2, 0) is 0 Å². The molecule has 0 spiro atoms. The molecule has 0 radical (unpaired) electrons. The number of aliphatic hydroxyl groups is 1. The molecule has 0 aliphatic heterocycles. The molecule has 5 heteroatoms. The first-order chi connectivity index (χ1) is 9.02. The first-order valence-corrected chi connectivity index (χ1v) is 8.66. The summed E-state index contributed by atoms with van der Waals surface area (Å²) in [6.07, 6.45) is -1.11. The highest BCUT2D eigenvalue weighted by atomic mass is 127. The van der Waals surface area contributed by atoms with Crippen molar-refractivity contribution in [3.8, 4) is 0 Å². The molecule has 19 heavy (non-hydrogen) atoms. The van der Waals surface area contributed by atoms with Crippen LogP contribution in [0.15, 0.2) is 42.5 Å². The van der Waals surface area contributed by atoms with Crippen LogP contribution in [0.5, 0.6) is 0 Å². The van der Waals surface area contributed by atoms with Crippen LogP contribution in [0.4, 0.5) is 0 Å². The molecule has 0 aliphatic rings. The Hall–Kier alpha value is 0.260. The van der Waals surface area contributed by atoms with Crippen molar-refractivity contribution in [2.45, 2.75) is 6.10 Å². The molecule has 0 heterocycles. The summed E-state index contributed by atoms with van der Waals surface area (Å²) in [7, 11) is 0. The average molecular weight is 590 g/mol. The zero-order valence-corrected chi connectivity index (χ0v) is 16.1. The Morgan fingerprint density at radius 1 is 0.947 bits per heavy atom. The lowest BCUT2D eigenvalue weighted by atomic mass is 10.0. The number of halogens is 3. The second kappa shape index (κ2) is 6.81. The van der Waals surface area contributed by atoms with Gasteiger partial charge < -0.3 is 5.11 Å². The lowest BCUT2D eigenvalue weighted by Gasteiger charge is -2.12. The normalized spacial score (nSPS) is 12.2. The number of hydrogen-bond acceptors (Lipinski definition) is 2. The van der Waals surface area contributed by atoms with Crippen LogP contribution in [-0.4, -0.2) is 10.9 Å². The molecule has 98 valence electrons. The third-order valence-corrected chi connectivity index (χ3v) is 7.87. The van der Waals surface area contributed by atoms with Gasteiger partial charge in [-0.25, -0.2) is 0 Å². The van der Waals surface area contributed by atoms with Gasteiger partial charge in [-0.3, -0.25) is 4.79 Å². The molecular weight excluding hydrogens is 581 g/mol. The summed E-state index contributed by atoms with van der Waals surface area (Å²) >= 11 is 6.60. The van der Waals surface area contributed by atoms with Gasteiger partial charge in [-0.05, 0) is 85.5 Å². The van der Waals surface area contributed by atoms with Crippen molar-refractivity contribution in [1.29, 1.82) is 0 Å². The zero-order valence-electron chi connectivity index (χ0n) is 9.61. The van der Waals surface area contributed by atoms with E-state index in [4.69, 9.17) is 0 Å². The van der Waals surface area contributed by atoms with E-state index in [-0.39, 0.29) is 5.78 Å². The fourth-order valence-electron chi connectivity index (χ4n) is 1.65. The predicted molar refractivity (Wildman–Crippen MR) is 100 cm³/mol. The van der Waals surface area contributed by atoms with Crippen LogP contribution in [0.3, 0.4) is 0 Å². The van der Waals surface area contributed by atoms with Crippen LogP contribution in [0, 0.1) is 10.7 Å². The molecular formula is C14H9I3O2. The molecule has 0 fully saturated rings.